The molecule has 1 heterocycles. The Bertz CT molecular complexity index is 443. The molecule has 18 heavy (non-hydrogen) atoms. The zero-order valence-corrected chi connectivity index (χ0v) is 11.7. The number of halogens is 3. The first kappa shape index (κ1) is 15.5. The summed E-state index contributed by atoms with van der Waals surface area (Å²) in [5.41, 5.74) is -0.0550. The normalized spacial score (nSPS) is 12.3. The van der Waals surface area contributed by atoms with Crippen LogP contribution in [0.3, 0.4) is 0 Å². The fourth-order valence-corrected chi connectivity index (χ4v) is 1.76. The summed E-state index contributed by atoms with van der Waals surface area (Å²) in [5, 5.41) is 11.7. The van der Waals surface area contributed by atoms with Crippen LogP contribution in [0.5, 0.6) is 0 Å². The van der Waals surface area contributed by atoms with E-state index in [0.29, 0.717) is 0 Å². The van der Waals surface area contributed by atoms with Crippen molar-refractivity contribution in [2.75, 3.05) is 20.3 Å². The third kappa shape index (κ3) is 3.70. The molecule has 0 radical (unpaired) electrons. The van der Waals surface area contributed by atoms with Crippen LogP contribution in [0.25, 0.3) is 0 Å². The molecule has 1 aromatic heterocycles. The molecule has 100 valence electrons. The first-order chi connectivity index (χ1) is 8.51. The second-order valence-corrected chi connectivity index (χ2v) is 4.55. The van der Waals surface area contributed by atoms with Crippen LogP contribution < -0.4 is 5.32 Å². The molecule has 0 aromatic carbocycles. The number of aromatic nitrogens is 1. The van der Waals surface area contributed by atoms with Crippen molar-refractivity contribution in [1.29, 1.82) is 0 Å². The Hall–Kier alpha value is -0.590. The van der Waals surface area contributed by atoms with Gasteiger partial charge in [-0.2, -0.15) is 0 Å². The Labute approximate surface area is 119 Å². The summed E-state index contributed by atoms with van der Waals surface area (Å²) in [6.45, 7) is -0.0975. The standard InChI is InChI=1S/C10H11Cl3N2O3/c1-18-4-5(3-16)15-10(17)9-8(13)7(12)6(11)2-14-9/h2,5,16H,3-4H2,1H3,(H,15,17). The molecule has 5 nitrogen and oxygen atoms in total. The highest BCUT2D eigenvalue weighted by Crippen LogP contribution is 2.30. The van der Waals surface area contributed by atoms with Gasteiger partial charge in [-0.25, -0.2) is 4.98 Å². The van der Waals surface area contributed by atoms with Crippen LogP contribution in [0, 0.1) is 0 Å². The van der Waals surface area contributed by atoms with Gasteiger partial charge in [0, 0.05) is 13.3 Å². The SMILES string of the molecule is COCC(CO)NC(=O)c1ncc(Cl)c(Cl)c1Cl. The number of aliphatic hydroxyl groups is 1. The van der Waals surface area contributed by atoms with Gasteiger partial charge in [0.05, 0.1) is 34.3 Å². The molecular formula is C10H11Cl3N2O3. The molecule has 1 unspecified atom stereocenters. The predicted octanol–water partition coefficient (Wildman–Crippen LogP) is 1.78. The number of amides is 1. The number of nitrogens with zero attached hydrogens (tertiary/aromatic N) is 1. The van der Waals surface area contributed by atoms with E-state index in [-0.39, 0.29) is 34.0 Å². The first-order valence-electron chi connectivity index (χ1n) is 4.91. The van der Waals surface area contributed by atoms with Gasteiger partial charge in [0.15, 0.2) is 0 Å². The molecule has 1 atom stereocenters. The third-order valence-corrected chi connectivity index (χ3v) is 3.30. The summed E-state index contributed by atoms with van der Waals surface area (Å²) < 4.78 is 4.83. The summed E-state index contributed by atoms with van der Waals surface area (Å²) in [4.78, 5) is 15.6. The molecule has 0 aliphatic heterocycles. The van der Waals surface area contributed by atoms with Crippen molar-refractivity contribution in [1.82, 2.24) is 10.3 Å². The molecule has 2 N–H and O–H groups in total. The van der Waals surface area contributed by atoms with E-state index in [1.165, 1.54) is 13.3 Å². The topological polar surface area (TPSA) is 71.5 Å². The molecule has 0 bridgehead atoms. The maximum atomic E-state index is 11.8. The fourth-order valence-electron chi connectivity index (χ4n) is 1.20. The van der Waals surface area contributed by atoms with E-state index in [2.05, 4.69) is 10.3 Å². The van der Waals surface area contributed by atoms with Crippen molar-refractivity contribution >= 4 is 40.7 Å². The summed E-state index contributed by atoms with van der Waals surface area (Å²) in [5.74, 6) is -0.560. The van der Waals surface area contributed by atoms with Gasteiger partial charge in [-0.15, -0.1) is 0 Å². The molecule has 0 saturated heterocycles. The molecule has 0 spiro atoms. The Morgan fingerprint density at radius 3 is 2.72 bits per heavy atom. The number of hydrogen-bond acceptors (Lipinski definition) is 4. The second-order valence-electron chi connectivity index (χ2n) is 3.39. The minimum absolute atomic E-state index is 0.0317. The number of rotatable bonds is 5. The molecule has 0 fully saturated rings. The molecule has 8 heteroatoms. The number of hydrogen-bond donors (Lipinski definition) is 2. The predicted molar refractivity (Wildman–Crippen MR) is 69.5 cm³/mol. The molecule has 0 aliphatic rings. The Morgan fingerprint density at radius 1 is 1.50 bits per heavy atom. The van der Waals surface area contributed by atoms with Gasteiger partial charge in [0.2, 0.25) is 0 Å². The van der Waals surface area contributed by atoms with Gasteiger partial charge in [-0.3, -0.25) is 4.79 Å². The maximum Gasteiger partial charge on any atom is 0.271 e. The van der Waals surface area contributed by atoms with Crippen LogP contribution in [0.15, 0.2) is 6.20 Å². The first-order valence-corrected chi connectivity index (χ1v) is 6.04. The zero-order valence-electron chi connectivity index (χ0n) is 9.41. The summed E-state index contributed by atoms with van der Waals surface area (Å²) in [7, 11) is 1.46. The van der Waals surface area contributed by atoms with Gasteiger partial charge in [-0.1, -0.05) is 34.8 Å². The van der Waals surface area contributed by atoms with Gasteiger partial charge < -0.3 is 15.2 Å². The molecule has 1 aromatic rings. The summed E-state index contributed by atoms with van der Waals surface area (Å²) in [6, 6.07) is -0.546. The lowest BCUT2D eigenvalue weighted by atomic mass is 10.3. The highest BCUT2D eigenvalue weighted by Gasteiger charge is 2.19. The highest BCUT2D eigenvalue weighted by molar-refractivity contribution is 6.48. The lowest BCUT2D eigenvalue weighted by Gasteiger charge is -2.15. The van der Waals surface area contributed by atoms with Crippen molar-refractivity contribution in [3.63, 3.8) is 0 Å². The van der Waals surface area contributed by atoms with Crippen LogP contribution in [-0.4, -0.2) is 42.4 Å². The van der Waals surface area contributed by atoms with E-state index in [1.54, 1.807) is 0 Å². The number of aliphatic hydroxyl groups excluding tert-OH is 1. The van der Waals surface area contributed by atoms with E-state index in [1.807, 2.05) is 0 Å². The van der Waals surface area contributed by atoms with Gasteiger partial charge in [0.25, 0.3) is 5.91 Å². The van der Waals surface area contributed by atoms with Crippen molar-refractivity contribution in [2.45, 2.75) is 6.04 Å². The second kappa shape index (κ2) is 7.11. The average molecular weight is 314 g/mol. The zero-order chi connectivity index (χ0) is 13.7. The maximum absolute atomic E-state index is 11.8. The molecule has 1 rings (SSSR count). The summed E-state index contributed by atoms with van der Waals surface area (Å²) >= 11 is 17.4. The smallest absolute Gasteiger partial charge is 0.271 e. The van der Waals surface area contributed by atoms with Gasteiger partial charge >= 0.3 is 0 Å². The van der Waals surface area contributed by atoms with Crippen LogP contribution in [0.1, 0.15) is 10.5 Å². The number of nitrogens with one attached hydrogen (secondary N) is 1. The number of pyridine rings is 1. The Morgan fingerprint density at radius 2 is 2.17 bits per heavy atom. The minimum atomic E-state index is -0.560. The van der Waals surface area contributed by atoms with E-state index >= 15 is 0 Å². The molecular weight excluding hydrogens is 302 g/mol. The van der Waals surface area contributed by atoms with E-state index in [0.717, 1.165) is 0 Å². The van der Waals surface area contributed by atoms with Crippen LogP contribution in [-0.2, 0) is 4.74 Å². The molecule has 0 aliphatic carbocycles. The summed E-state index contributed by atoms with van der Waals surface area (Å²) in [6.07, 6.45) is 1.23. The lowest BCUT2D eigenvalue weighted by molar-refractivity contribution is 0.0835. The number of ether oxygens (including phenoxy) is 1. The quantitative estimate of drug-likeness (QED) is 0.869. The Kier molecular flexibility index (Phi) is 6.11. The van der Waals surface area contributed by atoms with Crippen LogP contribution in [0.2, 0.25) is 15.1 Å². The van der Waals surface area contributed by atoms with Gasteiger partial charge in [-0.05, 0) is 0 Å². The molecule has 1 amide bonds. The number of carbonyl (C=O) groups is 1. The monoisotopic (exact) mass is 312 g/mol. The lowest BCUT2D eigenvalue weighted by Crippen LogP contribution is -2.41. The van der Waals surface area contributed by atoms with Gasteiger partial charge in [0.1, 0.15) is 5.69 Å². The van der Waals surface area contributed by atoms with E-state index in [9.17, 15) is 4.79 Å². The van der Waals surface area contributed by atoms with Crippen molar-refractivity contribution in [3.8, 4) is 0 Å². The highest BCUT2D eigenvalue weighted by atomic mass is 35.5. The number of carbonyl (C=O) groups excluding carboxylic acids is 1. The van der Waals surface area contributed by atoms with Crippen molar-refractivity contribution in [2.24, 2.45) is 0 Å². The minimum Gasteiger partial charge on any atom is -0.394 e. The van der Waals surface area contributed by atoms with Crippen LogP contribution >= 0.6 is 34.8 Å². The van der Waals surface area contributed by atoms with E-state index < -0.39 is 11.9 Å². The van der Waals surface area contributed by atoms with Crippen molar-refractivity contribution < 1.29 is 14.6 Å². The van der Waals surface area contributed by atoms with Crippen LogP contribution in [0.4, 0.5) is 0 Å². The van der Waals surface area contributed by atoms with E-state index in [4.69, 9.17) is 44.6 Å². The Balaban J connectivity index is 2.87. The number of methoxy groups -OCH3 is 1. The largest absolute Gasteiger partial charge is 0.394 e. The fraction of sp³-hybridized carbons (Fsp3) is 0.400. The molecule has 0 saturated carbocycles. The average Bonchev–Trinajstić information content (AvgIpc) is 2.35. The van der Waals surface area contributed by atoms with Crippen molar-refractivity contribution in [3.05, 3.63) is 27.0 Å². The third-order valence-electron chi connectivity index (χ3n) is 2.06.